The lowest BCUT2D eigenvalue weighted by Crippen LogP contribution is -2.41. The number of hydrogen-bond acceptors (Lipinski definition) is 5. The van der Waals surface area contributed by atoms with Crippen LogP contribution < -0.4 is 0 Å². The highest BCUT2D eigenvalue weighted by Gasteiger charge is 2.58. The molecule has 5 nitrogen and oxygen atoms in total. The second kappa shape index (κ2) is 11.6. The lowest BCUT2D eigenvalue weighted by atomic mass is 9.81. The normalized spacial score (nSPS) is 20.2. The molecule has 1 aliphatic rings. The van der Waals surface area contributed by atoms with Crippen molar-refractivity contribution in [1.82, 2.24) is 0 Å². The van der Waals surface area contributed by atoms with Crippen LogP contribution in [-0.2, 0) is 22.9 Å². The highest BCUT2D eigenvalue weighted by molar-refractivity contribution is 7.57. The maximum absolute atomic E-state index is 13.8. The van der Waals surface area contributed by atoms with E-state index in [1.807, 2.05) is 27.7 Å². The van der Waals surface area contributed by atoms with Gasteiger partial charge in [0.05, 0.1) is 30.0 Å². The molecule has 0 aliphatic carbocycles. The summed E-state index contributed by atoms with van der Waals surface area (Å²) in [6.07, 6.45) is 5.96. The molecule has 0 N–H and O–H groups in total. The summed E-state index contributed by atoms with van der Waals surface area (Å²) in [5.41, 5.74) is -1.42. The van der Waals surface area contributed by atoms with Crippen LogP contribution in [-0.4, -0.2) is 43.0 Å². The fourth-order valence-corrected chi connectivity index (χ4v) is 5.17. The van der Waals surface area contributed by atoms with Crippen molar-refractivity contribution < 1.29 is 22.9 Å². The summed E-state index contributed by atoms with van der Waals surface area (Å²) in [5.74, 6) is 0.577. The Morgan fingerprint density at radius 3 is 1.81 bits per heavy atom. The van der Waals surface area contributed by atoms with E-state index < -0.39 is 31.5 Å². The van der Waals surface area contributed by atoms with Gasteiger partial charge in [-0.1, -0.05) is 33.1 Å². The molecule has 1 rings (SSSR count). The molecule has 8 heteroatoms. The molecule has 0 saturated carbocycles. The van der Waals surface area contributed by atoms with E-state index in [9.17, 15) is 4.57 Å². The Labute approximate surface area is 171 Å². The van der Waals surface area contributed by atoms with Crippen molar-refractivity contribution in [3.8, 4) is 0 Å². The fraction of sp³-hybridized carbons (Fsp3) is 1.00. The Morgan fingerprint density at radius 1 is 0.926 bits per heavy atom. The first-order chi connectivity index (χ1) is 12.6. The predicted octanol–water partition coefficient (Wildman–Crippen LogP) is 6.22. The molecule has 0 spiro atoms. The number of halogens is 1. The predicted molar refractivity (Wildman–Crippen MR) is 114 cm³/mol. The summed E-state index contributed by atoms with van der Waals surface area (Å²) in [6, 6.07) is 0. The summed E-state index contributed by atoms with van der Waals surface area (Å²) in [4.78, 5) is 0. The Morgan fingerprint density at radius 2 is 1.41 bits per heavy atom. The standard InChI is InChI=1S/C19H39BClO5P/c1-7-9-15-23-27(22,24-16-10-8-2)17(13-11-12-14-21)20-25-18(3,4)19(5,6)26-20/h17H,7-16H2,1-6H3. The van der Waals surface area contributed by atoms with Crippen LogP contribution in [0.1, 0.15) is 86.5 Å². The van der Waals surface area contributed by atoms with Crippen molar-refractivity contribution >= 4 is 26.3 Å². The third-order valence-electron chi connectivity index (χ3n) is 5.41. The van der Waals surface area contributed by atoms with Crippen LogP contribution in [0.3, 0.4) is 0 Å². The van der Waals surface area contributed by atoms with E-state index in [-0.39, 0.29) is 0 Å². The van der Waals surface area contributed by atoms with Crippen LogP contribution >= 0.6 is 19.2 Å². The zero-order chi connectivity index (χ0) is 20.6. The molecule has 27 heavy (non-hydrogen) atoms. The molecule has 1 saturated heterocycles. The van der Waals surface area contributed by atoms with Crippen LogP contribution in [0, 0.1) is 0 Å². The molecule has 1 heterocycles. The van der Waals surface area contributed by atoms with Crippen LogP contribution in [0.5, 0.6) is 0 Å². The van der Waals surface area contributed by atoms with Crippen molar-refractivity contribution in [2.45, 2.75) is 103 Å². The second-order valence-corrected chi connectivity index (χ2v) is 10.9. The molecule has 0 aromatic heterocycles. The minimum absolute atomic E-state index is 0.422. The van der Waals surface area contributed by atoms with Crippen LogP contribution in [0.2, 0.25) is 0 Å². The monoisotopic (exact) mass is 424 g/mol. The summed E-state index contributed by atoms with van der Waals surface area (Å²) in [7, 11) is -4.00. The minimum Gasteiger partial charge on any atom is -0.403 e. The van der Waals surface area contributed by atoms with E-state index in [0.717, 1.165) is 38.5 Å². The topological polar surface area (TPSA) is 54.0 Å². The van der Waals surface area contributed by atoms with Gasteiger partial charge < -0.3 is 18.4 Å². The van der Waals surface area contributed by atoms with E-state index >= 15 is 0 Å². The van der Waals surface area contributed by atoms with Crippen molar-refractivity contribution in [3.63, 3.8) is 0 Å². The van der Waals surface area contributed by atoms with Gasteiger partial charge in [-0.3, -0.25) is 4.57 Å². The molecule has 0 aromatic rings. The Hall–Kier alpha value is 0.425. The summed E-state index contributed by atoms with van der Waals surface area (Å²) >= 11 is 5.86. The molecule has 160 valence electrons. The quantitative estimate of drug-likeness (QED) is 0.143. The van der Waals surface area contributed by atoms with Crippen LogP contribution in [0.15, 0.2) is 0 Å². The van der Waals surface area contributed by atoms with Crippen LogP contribution in [0.25, 0.3) is 0 Å². The molecule has 0 radical (unpaired) electrons. The Balaban J connectivity index is 3.04. The van der Waals surface area contributed by atoms with E-state index in [0.29, 0.717) is 25.5 Å². The van der Waals surface area contributed by atoms with Crippen molar-refractivity contribution in [1.29, 1.82) is 0 Å². The highest BCUT2D eigenvalue weighted by atomic mass is 35.5. The van der Waals surface area contributed by atoms with Gasteiger partial charge in [0, 0.05) is 5.88 Å². The largest absolute Gasteiger partial charge is 0.473 e. The molecule has 1 atom stereocenters. The second-order valence-electron chi connectivity index (χ2n) is 8.29. The molecule has 1 aliphatic heterocycles. The van der Waals surface area contributed by atoms with Gasteiger partial charge in [0.2, 0.25) is 0 Å². The van der Waals surface area contributed by atoms with E-state index in [2.05, 4.69) is 13.8 Å². The molecule has 1 unspecified atom stereocenters. The lowest BCUT2D eigenvalue weighted by molar-refractivity contribution is 0.00578. The van der Waals surface area contributed by atoms with Gasteiger partial charge in [0.1, 0.15) is 0 Å². The molecular formula is C19H39BClO5P. The molecule has 0 aromatic carbocycles. The summed E-state index contributed by atoms with van der Waals surface area (Å²) in [5, 5.41) is 0. The third-order valence-corrected chi connectivity index (χ3v) is 8.08. The average Bonchev–Trinajstić information content (AvgIpc) is 2.79. The first-order valence-electron chi connectivity index (χ1n) is 10.4. The minimum atomic E-state index is -3.38. The number of rotatable bonds is 14. The van der Waals surface area contributed by atoms with Gasteiger partial charge in [-0.25, -0.2) is 0 Å². The lowest BCUT2D eigenvalue weighted by Gasteiger charge is -2.32. The Bertz CT molecular complexity index is 445. The molecule has 0 bridgehead atoms. The van der Waals surface area contributed by atoms with Gasteiger partial charge in [-0.05, 0) is 53.4 Å². The maximum Gasteiger partial charge on any atom is 0.473 e. The fourth-order valence-electron chi connectivity index (χ4n) is 2.84. The molecule has 1 fully saturated rings. The summed E-state index contributed by atoms with van der Waals surface area (Å²) < 4.78 is 38.1. The van der Waals surface area contributed by atoms with Crippen LogP contribution in [0.4, 0.5) is 0 Å². The SMILES string of the molecule is CCCCOP(=O)(OCCCC)C(CCCCCl)B1OC(C)(C)C(C)(C)O1. The van der Waals surface area contributed by atoms with Gasteiger partial charge in [-0.15, -0.1) is 11.6 Å². The van der Waals surface area contributed by atoms with E-state index in [1.54, 1.807) is 0 Å². The number of unbranched alkanes of at least 4 members (excludes halogenated alkanes) is 3. The zero-order valence-corrected chi connectivity index (χ0v) is 19.7. The number of alkyl halides is 1. The molecule has 0 amide bonds. The van der Waals surface area contributed by atoms with Crippen molar-refractivity contribution in [2.75, 3.05) is 19.1 Å². The van der Waals surface area contributed by atoms with E-state index in [4.69, 9.17) is 30.0 Å². The number of hydrogen-bond donors (Lipinski definition) is 0. The van der Waals surface area contributed by atoms with Crippen molar-refractivity contribution in [2.24, 2.45) is 0 Å². The highest BCUT2D eigenvalue weighted by Crippen LogP contribution is 2.58. The first kappa shape index (κ1) is 25.5. The first-order valence-corrected chi connectivity index (χ1v) is 12.6. The smallest absolute Gasteiger partial charge is 0.403 e. The summed E-state index contributed by atoms with van der Waals surface area (Å²) in [6.45, 7) is 13.0. The molecular weight excluding hydrogens is 385 g/mol. The Kier molecular flexibility index (Phi) is 10.9. The van der Waals surface area contributed by atoms with Gasteiger partial charge >= 0.3 is 14.7 Å². The van der Waals surface area contributed by atoms with Crippen molar-refractivity contribution in [3.05, 3.63) is 0 Å². The van der Waals surface area contributed by atoms with Gasteiger partial charge in [-0.2, -0.15) is 0 Å². The maximum atomic E-state index is 13.8. The zero-order valence-electron chi connectivity index (χ0n) is 18.1. The van der Waals surface area contributed by atoms with Gasteiger partial charge in [0.25, 0.3) is 0 Å². The van der Waals surface area contributed by atoms with E-state index in [1.165, 1.54) is 0 Å². The average molecular weight is 425 g/mol. The van der Waals surface area contributed by atoms with Gasteiger partial charge in [0.15, 0.2) is 0 Å². The third kappa shape index (κ3) is 7.31.